The number of rotatable bonds is 7. The fourth-order valence-electron chi connectivity index (χ4n) is 1.14. The second kappa shape index (κ2) is 7.30. The third kappa shape index (κ3) is 5.53. The molecule has 0 radical (unpaired) electrons. The number of benzene rings is 1. The highest BCUT2D eigenvalue weighted by Crippen LogP contribution is 2.25. The van der Waals surface area contributed by atoms with Gasteiger partial charge < -0.3 is 10.5 Å². The van der Waals surface area contributed by atoms with Crippen LogP contribution in [0.2, 0.25) is 5.02 Å². The van der Waals surface area contributed by atoms with E-state index in [2.05, 4.69) is 20.7 Å². The normalized spacial score (nSPS) is 11.5. The summed E-state index contributed by atoms with van der Waals surface area (Å²) in [5.74, 6) is -0.124. The summed E-state index contributed by atoms with van der Waals surface area (Å²) >= 11 is 9.10. The smallest absolute Gasteiger partial charge is 0.235 e. The molecule has 0 fully saturated rings. The van der Waals surface area contributed by atoms with E-state index >= 15 is 0 Å². The van der Waals surface area contributed by atoms with Gasteiger partial charge in [-0.25, -0.2) is 8.42 Å². The Morgan fingerprint density at radius 3 is 2.72 bits per heavy atom. The number of nitrogens with one attached hydrogen (secondary N) is 1. The Bertz CT molecular complexity index is 496. The Morgan fingerprint density at radius 2 is 2.11 bits per heavy atom. The van der Waals surface area contributed by atoms with Gasteiger partial charge in [0.05, 0.1) is 29.7 Å². The molecule has 1 aromatic carbocycles. The summed E-state index contributed by atoms with van der Waals surface area (Å²) in [6.45, 7) is 0.826. The second-order valence-corrected chi connectivity index (χ2v) is 6.55. The number of hydrogen-bond donors (Lipinski definition) is 2. The standard InChI is InChI=1S/C10H14BrClN2O3S/c11-9-2-1-8(7-10(9)12)14-18(15,16)6-5-17-4-3-13/h1-2,7,14H,3-6,13H2. The number of hydrogen-bond acceptors (Lipinski definition) is 4. The number of nitrogens with two attached hydrogens (primary N) is 1. The molecule has 102 valence electrons. The molecule has 0 aliphatic heterocycles. The van der Waals surface area contributed by atoms with Gasteiger partial charge in [0.25, 0.3) is 0 Å². The predicted molar refractivity (Wildman–Crippen MR) is 76.4 cm³/mol. The third-order valence-corrected chi connectivity index (χ3v) is 4.43. The predicted octanol–water partition coefficient (Wildman–Crippen LogP) is 1.82. The maximum Gasteiger partial charge on any atom is 0.235 e. The number of halogens is 2. The van der Waals surface area contributed by atoms with Crippen molar-refractivity contribution in [3.05, 3.63) is 27.7 Å². The Balaban J connectivity index is 2.56. The molecular formula is C10H14BrClN2O3S. The van der Waals surface area contributed by atoms with Gasteiger partial charge in [-0.15, -0.1) is 0 Å². The molecule has 0 bridgehead atoms. The summed E-state index contributed by atoms with van der Waals surface area (Å²) in [5.41, 5.74) is 5.64. The SMILES string of the molecule is NCCOCCS(=O)(=O)Nc1ccc(Br)c(Cl)c1. The molecule has 0 saturated carbocycles. The highest BCUT2D eigenvalue weighted by Gasteiger charge is 2.11. The molecule has 0 aromatic heterocycles. The minimum atomic E-state index is -3.43. The first-order valence-corrected chi connectivity index (χ1v) is 8.00. The molecule has 0 spiro atoms. The van der Waals surface area contributed by atoms with Gasteiger partial charge >= 0.3 is 0 Å². The van der Waals surface area contributed by atoms with Gasteiger partial charge in [-0.1, -0.05) is 11.6 Å². The summed E-state index contributed by atoms with van der Waals surface area (Å²) in [7, 11) is -3.43. The van der Waals surface area contributed by atoms with Crippen LogP contribution in [0.3, 0.4) is 0 Å². The van der Waals surface area contributed by atoms with Crippen molar-refractivity contribution in [1.82, 2.24) is 0 Å². The van der Waals surface area contributed by atoms with Gasteiger partial charge in [-0.3, -0.25) is 4.72 Å². The lowest BCUT2D eigenvalue weighted by Gasteiger charge is -2.09. The van der Waals surface area contributed by atoms with E-state index in [4.69, 9.17) is 22.1 Å². The van der Waals surface area contributed by atoms with E-state index in [1.54, 1.807) is 12.1 Å². The number of anilines is 1. The molecule has 0 aliphatic rings. The minimum absolute atomic E-state index is 0.108. The maximum absolute atomic E-state index is 11.7. The van der Waals surface area contributed by atoms with E-state index in [9.17, 15) is 8.42 Å². The molecule has 0 amide bonds. The lowest BCUT2D eigenvalue weighted by atomic mass is 10.3. The molecule has 18 heavy (non-hydrogen) atoms. The lowest BCUT2D eigenvalue weighted by molar-refractivity contribution is 0.157. The van der Waals surface area contributed by atoms with Crippen LogP contribution in [0.4, 0.5) is 5.69 Å². The molecule has 8 heteroatoms. The van der Waals surface area contributed by atoms with E-state index in [0.29, 0.717) is 28.3 Å². The van der Waals surface area contributed by atoms with Gasteiger partial charge in [0.1, 0.15) is 0 Å². The summed E-state index contributed by atoms with van der Waals surface area (Å²) in [5, 5.41) is 0.439. The zero-order chi connectivity index (χ0) is 13.6. The average molecular weight is 358 g/mol. The fraction of sp³-hybridized carbons (Fsp3) is 0.400. The first-order chi connectivity index (χ1) is 8.44. The Morgan fingerprint density at radius 1 is 1.39 bits per heavy atom. The highest BCUT2D eigenvalue weighted by atomic mass is 79.9. The van der Waals surface area contributed by atoms with Crippen molar-refractivity contribution in [1.29, 1.82) is 0 Å². The summed E-state index contributed by atoms with van der Waals surface area (Å²) in [4.78, 5) is 0. The van der Waals surface area contributed by atoms with Gasteiger partial charge in [0.2, 0.25) is 10.0 Å². The number of ether oxygens (including phenoxy) is 1. The monoisotopic (exact) mass is 356 g/mol. The van der Waals surface area contributed by atoms with E-state index in [0.717, 1.165) is 0 Å². The quantitative estimate of drug-likeness (QED) is 0.729. The van der Waals surface area contributed by atoms with Crippen LogP contribution < -0.4 is 10.5 Å². The maximum atomic E-state index is 11.7. The molecule has 0 saturated heterocycles. The van der Waals surface area contributed by atoms with Crippen LogP contribution in [0, 0.1) is 0 Å². The average Bonchev–Trinajstić information content (AvgIpc) is 2.29. The zero-order valence-electron chi connectivity index (χ0n) is 9.53. The van der Waals surface area contributed by atoms with Crippen molar-refractivity contribution in [3.8, 4) is 0 Å². The number of sulfonamides is 1. The molecule has 1 rings (SSSR count). The van der Waals surface area contributed by atoms with Crippen LogP contribution in [-0.2, 0) is 14.8 Å². The minimum Gasteiger partial charge on any atom is -0.379 e. The van der Waals surface area contributed by atoms with Crippen molar-refractivity contribution >= 4 is 43.2 Å². The van der Waals surface area contributed by atoms with Crippen LogP contribution in [0.25, 0.3) is 0 Å². The Kier molecular flexibility index (Phi) is 6.37. The lowest BCUT2D eigenvalue weighted by Crippen LogP contribution is -2.21. The first-order valence-electron chi connectivity index (χ1n) is 5.18. The zero-order valence-corrected chi connectivity index (χ0v) is 12.7. The highest BCUT2D eigenvalue weighted by molar-refractivity contribution is 9.10. The first kappa shape index (κ1) is 15.7. The summed E-state index contributed by atoms with van der Waals surface area (Å²) in [6, 6.07) is 4.82. The van der Waals surface area contributed by atoms with E-state index < -0.39 is 10.0 Å². The second-order valence-electron chi connectivity index (χ2n) is 3.45. The topological polar surface area (TPSA) is 81.4 Å². The molecule has 0 heterocycles. The largest absolute Gasteiger partial charge is 0.379 e. The molecule has 0 atom stereocenters. The van der Waals surface area contributed by atoms with Crippen LogP contribution in [-0.4, -0.2) is 33.9 Å². The van der Waals surface area contributed by atoms with Crippen molar-refractivity contribution in [2.75, 3.05) is 30.2 Å². The molecule has 1 aromatic rings. The van der Waals surface area contributed by atoms with Crippen molar-refractivity contribution in [2.45, 2.75) is 0 Å². The molecular weight excluding hydrogens is 344 g/mol. The Labute approximate surface area is 120 Å². The fourth-order valence-corrected chi connectivity index (χ4v) is 2.50. The third-order valence-electron chi connectivity index (χ3n) is 1.95. The summed E-state index contributed by atoms with van der Waals surface area (Å²) < 4.78 is 31.5. The molecule has 5 nitrogen and oxygen atoms in total. The van der Waals surface area contributed by atoms with Crippen LogP contribution >= 0.6 is 27.5 Å². The van der Waals surface area contributed by atoms with Gasteiger partial charge in [-0.2, -0.15) is 0 Å². The van der Waals surface area contributed by atoms with Crippen molar-refractivity contribution in [2.24, 2.45) is 5.73 Å². The summed E-state index contributed by atoms with van der Waals surface area (Å²) in [6.07, 6.45) is 0. The van der Waals surface area contributed by atoms with Crippen LogP contribution in [0.1, 0.15) is 0 Å². The van der Waals surface area contributed by atoms with Crippen LogP contribution in [0.5, 0.6) is 0 Å². The van der Waals surface area contributed by atoms with E-state index in [-0.39, 0.29) is 12.4 Å². The van der Waals surface area contributed by atoms with Crippen molar-refractivity contribution in [3.63, 3.8) is 0 Å². The van der Waals surface area contributed by atoms with Crippen molar-refractivity contribution < 1.29 is 13.2 Å². The van der Waals surface area contributed by atoms with Gasteiger partial charge in [-0.05, 0) is 34.1 Å². The van der Waals surface area contributed by atoms with Crippen LogP contribution in [0.15, 0.2) is 22.7 Å². The van der Waals surface area contributed by atoms with E-state index in [1.165, 1.54) is 6.07 Å². The molecule has 0 unspecified atom stereocenters. The van der Waals surface area contributed by atoms with Gasteiger partial charge in [0, 0.05) is 11.0 Å². The van der Waals surface area contributed by atoms with E-state index in [1.807, 2.05) is 0 Å². The molecule has 3 N–H and O–H groups in total. The van der Waals surface area contributed by atoms with Gasteiger partial charge in [0.15, 0.2) is 0 Å². The molecule has 0 aliphatic carbocycles. The Hall–Kier alpha value is -0.340.